The highest BCUT2D eigenvalue weighted by atomic mass is 16.4. The van der Waals surface area contributed by atoms with Gasteiger partial charge in [0.25, 0.3) is 0 Å². The van der Waals surface area contributed by atoms with Crippen molar-refractivity contribution in [2.45, 2.75) is 20.0 Å². The molecule has 0 aromatic heterocycles. The van der Waals surface area contributed by atoms with Crippen molar-refractivity contribution in [3.05, 3.63) is 11.6 Å². The van der Waals surface area contributed by atoms with Gasteiger partial charge in [0.05, 0.1) is 13.2 Å². The molecule has 78 valence electrons. The van der Waals surface area contributed by atoms with E-state index in [1.807, 2.05) is 0 Å². The van der Waals surface area contributed by atoms with E-state index in [1.165, 1.54) is 0 Å². The zero-order valence-electron chi connectivity index (χ0n) is 7.77. The number of allylic oxidation sites excluding steroid dienone is 1. The second-order valence-electron chi connectivity index (χ2n) is 2.30. The van der Waals surface area contributed by atoms with Gasteiger partial charge in [-0.3, -0.25) is 0 Å². The zero-order chi connectivity index (χ0) is 10.9. The van der Waals surface area contributed by atoms with Crippen LogP contribution >= 0.6 is 0 Å². The van der Waals surface area contributed by atoms with Gasteiger partial charge in [0.15, 0.2) is 0 Å². The van der Waals surface area contributed by atoms with Crippen LogP contribution in [0.1, 0.15) is 13.8 Å². The molecule has 0 aliphatic carbocycles. The number of hydrogen-bond donors (Lipinski definition) is 4. The highest BCUT2D eigenvalue weighted by Gasteiger charge is 1.94. The van der Waals surface area contributed by atoms with Crippen LogP contribution in [0.25, 0.3) is 0 Å². The molecule has 0 spiro atoms. The molecule has 0 aromatic carbocycles. The summed E-state index contributed by atoms with van der Waals surface area (Å²) in [6.07, 6.45) is 0.604. The lowest BCUT2D eigenvalue weighted by molar-refractivity contribution is -0.132. The first-order chi connectivity index (χ1) is 5.99. The van der Waals surface area contributed by atoms with Gasteiger partial charge in [0.1, 0.15) is 6.10 Å². The van der Waals surface area contributed by atoms with Crippen LogP contribution in [0.4, 0.5) is 0 Å². The van der Waals surface area contributed by atoms with Gasteiger partial charge in [0, 0.05) is 5.57 Å². The third-order valence-electron chi connectivity index (χ3n) is 1.19. The fourth-order valence-corrected chi connectivity index (χ4v) is 0.181. The number of aliphatic hydroxyl groups is 3. The number of hydrogen-bond acceptors (Lipinski definition) is 4. The zero-order valence-corrected chi connectivity index (χ0v) is 7.77. The number of rotatable bonds is 3. The van der Waals surface area contributed by atoms with Crippen molar-refractivity contribution in [1.29, 1.82) is 0 Å². The van der Waals surface area contributed by atoms with Gasteiger partial charge in [-0.25, -0.2) is 4.79 Å². The fourth-order valence-electron chi connectivity index (χ4n) is 0.181. The van der Waals surface area contributed by atoms with Crippen molar-refractivity contribution in [3.63, 3.8) is 0 Å². The largest absolute Gasteiger partial charge is 0.478 e. The van der Waals surface area contributed by atoms with Crippen LogP contribution in [0.3, 0.4) is 0 Å². The smallest absolute Gasteiger partial charge is 0.330 e. The van der Waals surface area contributed by atoms with Crippen molar-refractivity contribution in [3.8, 4) is 0 Å². The minimum Gasteiger partial charge on any atom is -0.478 e. The maximum Gasteiger partial charge on any atom is 0.330 e. The Morgan fingerprint density at radius 3 is 1.77 bits per heavy atom. The molecule has 13 heavy (non-hydrogen) atoms. The Hall–Kier alpha value is -0.910. The van der Waals surface area contributed by atoms with Gasteiger partial charge in [-0.1, -0.05) is 6.08 Å². The number of carboxylic acids is 1. The minimum absolute atomic E-state index is 0.365. The Morgan fingerprint density at radius 2 is 1.77 bits per heavy atom. The summed E-state index contributed by atoms with van der Waals surface area (Å²) in [5, 5.41) is 32.1. The van der Waals surface area contributed by atoms with E-state index in [-0.39, 0.29) is 13.2 Å². The van der Waals surface area contributed by atoms with E-state index in [4.69, 9.17) is 20.4 Å². The lowest BCUT2D eigenvalue weighted by atomic mass is 10.3. The molecule has 0 saturated heterocycles. The maximum atomic E-state index is 9.86. The molecular weight excluding hydrogens is 176 g/mol. The fraction of sp³-hybridized carbons (Fsp3) is 0.625. The van der Waals surface area contributed by atoms with Crippen molar-refractivity contribution in [2.24, 2.45) is 0 Å². The Bertz CT molecular complexity index is 160. The molecule has 0 aliphatic heterocycles. The second-order valence-corrected chi connectivity index (χ2v) is 2.30. The molecule has 0 rings (SSSR count). The van der Waals surface area contributed by atoms with Gasteiger partial charge in [-0.2, -0.15) is 0 Å². The average Bonchev–Trinajstić information content (AvgIpc) is 2.16. The monoisotopic (exact) mass is 192 g/mol. The van der Waals surface area contributed by atoms with Gasteiger partial charge in [0.2, 0.25) is 0 Å². The van der Waals surface area contributed by atoms with Crippen LogP contribution in [0.5, 0.6) is 0 Å². The summed E-state index contributed by atoms with van der Waals surface area (Å²) in [6, 6.07) is 0. The molecule has 0 amide bonds. The summed E-state index contributed by atoms with van der Waals surface area (Å²) in [4.78, 5) is 9.86. The van der Waals surface area contributed by atoms with Crippen LogP contribution in [0.15, 0.2) is 11.6 Å². The van der Waals surface area contributed by atoms with E-state index in [0.29, 0.717) is 5.57 Å². The lowest BCUT2D eigenvalue weighted by Gasteiger charge is -1.96. The summed E-state index contributed by atoms with van der Waals surface area (Å²) in [7, 11) is 0. The van der Waals surface area contributed by atoms with Crippen LogP contribution in [0, 0.1) is 0 Å². The predicted molar refractivity (Wildman–Crippen MR) is 47.2 cm³/mol. The van der Waals surface area contributed by atoms with Crippen LogP contribution in [-0.4, -0.2) is 45.7 Å². The van der Waals surface area contributed by atoms with Gasteiger partial charge >= 0.3 is 5.97 Å². The van der Waals surface area contributed by atoms with Crippen LogP contribution in [0.2, 0.25) is 0 Å². The molecule has 0 fully saturated rings. The normalized spacial score (nSPS) is 10.8. The molecule has 0 aliphatic rings. The molecule has 0 saturated carbocycles. The third-order valence-corrected chi connectivity index (χ3v) is 1.19. The molecule has 0 radical (unpaired) electrons. The SMILES string of the molecule is CC=C(C)C(=O)O.OCC(O)CO. The van der Waals surface area contributed by atoms with Crippen molar-refractivity contribution in [1.82, 2.24) is 0 Å². The molecule has 5 heteroatoms. The van der Waals surface area contributed by atoms with E-state index in [1.54, 1.807) is 19.9 Å². The predicted octanol–water partition coefficient (Wildman–Crippen LogP) is -0.631. The van der Waals surface area contributed by atoms with E-state index >= 15 is 0 Å². The van der Waals surface area contributed by atoms with Crippen LogP contribution < -0.4 is 0 Å². The summed E-state index contributed by atoms with van der Waals surface area (Å²) in [5.74, 6) is -0.845. The first-order valence-corrected chi connectivity index (χ1v) is 3.75. The maximum absolute atomic E-state index is 9.86. The average molecular weight is 192 g/mol. The Balaban J connectivity index is 0. The minimum atomic E-state index is -0.954. The summed E-state index contributed by atoms with van der Waals surface area (Å²) < 4.78 is 0. The number of aliphatic carboxylic acids is 1. The number of aliphatic hydroxyl groups excluding tert-OH is 3. The highest BCUT2D eigenvalue weighted by molar-refractivity contribution is 5.85. The highest BCUT2D eigenvalue weighted by Crippen LogP contribution is 1.87. The van der Waals surface area contributed by atoms with Crippen molar-refractivity contribution in [2.75, 3.05) is 13.2 Å². The molecule has 5 nitrogen and oxygen atoms in total. The van der Waals surface area contributed by atoms with Crippen LogP contribution in [-0.2, 0) is 4.79 Å². The second kappa shape index (κ2) is 9.18. The lowest BCUT2D eigenvalue weighted by Crippen LogP contribution is -2.15. The molecule has 0 bridgehead atoms. The van der Waals surface area contributed by atoms with Gasteiger partial charge < -0.3 is 20.4 Å². The molecule has 0 heterocycles. The third kappa shape index (κ3) is 11.1. The quantitative estimate of drug-likeness (QED) is 0.446. The van der Waals surface area contributed by atoms with Gasteiger partial charge in [-0.05, 0) is 13.8 Å². The molecule has 0 atom stereocenters. The molecule has 0 unspecified atom stereocenters. The number of carboxylic acid groups (broad SMARTS) is 1. The van der Waals surface area contributed by atoms with E-state index in [0.717, 1.165) is 0 Å². The van der Waals surface area contributed by atoms with Gasteiger partial charge in [-0.15, -0.1) is 0 Å². The van der Waals surface area contributed by atoms with E-state index in [9.17, 15) is 4.79 Å². The Kier molecular flexibility index (Phi) is 10.3. The van der Waals surface area contributed by atoms with E-state index in [2.05, 4.69) is 0 Å². The first-order valence-electron chi connectivity index (χ1n) is 3.75. The molecule has 4 N–H and O–H groups in total. The van der Waals surface area contributed by atoms with Crippen molar-refractivity contribution < 1.29 is 25.2 Å². The molecular formula is C8H16O5. The standard InChI is InChI=1S/C5H8O2.C3H8O3/c1-3-4(2)5(6)7;4-1-3(6)2-5/h3H,1-2H3,(H,6,7);3-6H,1-2H2. The summed E-state index contributed by atoms with van der Waals surface area (Å²) >= 11 is 0. The summed E-state index contributed by atoms with van der Waals surface area (Å²) in [5.41, 5.74) is 0.389. The summed E-state index contributed by atoms with van der Waals surface area (Å²) in [6.45, 7) is 2.53. The Morgan fingerprint density at radius 1 is 1.38 bits per heavy atom. The Labute approximate surface area is 76.9 Å². The first kappa shape index (κ1) is 14.6. The van der Waals surface area contributed by atoms with Crippen molar-refractivity contribution >= 4 is 5.97 Å². The topological polar surface area (TPSA) is 98.0 Å². The van der Waals surface area contributed by atoms with E-state index < -0.39 is 12.1 Å². The number of carbonyl (C=O) groups is 1. The molecule has 0 aromatic rings.